The Balaban J connectivity index is 1.90. The maximum Gasteiger partial charge on any atom is 0.163 e. The van der Waals surface area contributed by atoms with E-state index in [1.165, 1.54) is 0 Å². The van der Waals surface area contributed by atoms with E-state index in [-0.39, 0.29) is 0 Å². The Morgan fingerprint density at radius 2 is 2.14 bits per heavy atom. The lowest BCUT2D eigenvalue weighted by atomic mass is 10.1. The van der Waals surface area contributed by atoms with Crippen molar-refractivity contribution in [2.24, 2.45) is 0 Å². The van der Waals surface area contributed by atoms with Gasteiger partial charge in [0.15, 0.2) is 5.69 Å². The zero-order valence-corrected chi connectivity index (χ0v) is 11.4. The molecule has 3 rings (SSSR count). The van der Waals surface area contributed by atoms with Gasteiger partial charge in [-0.25, -0.2) is 5.10 Å². The summed E-state index contributed by atoms with van der Waals surface area (Å²) in [7, 11) is 0. The lowest BCUT2D eigenvalue weighted by Crippen LogP contribution is -1.83. The van der Waals surface area contributed by atoms with Gasteiger partial charge >= 0.3 is 0 Å². The van der Waals surface area contributed by atoms with E-state index in [1.807, 2.05) is 61.5 Å². The number of nitriles is 1. The van der Waals surface area contributed by atoms with Crippen molar-refractivity contribution in [1.82, 2.24) is 15.4 Å². The van der Waals surface area contributed by atoms with Crippen LogP contribution in [0.4, 0.5) is 0 Å². The van der Waals surface area contributed by atoms with Crippen molar-refractivity contribution >= 4 is 12.2 Å². The van der Waals surface area contributed by atoms with Crippen molar-refractivity contribution in [1.29, 1.82) is 5.26 Å². The molecule has 0 saturated heterocycles. The Labute approximate surface area is 121 Å². The topological polar surface area (TPSA) is 78.5 Å². The van der Waals surface area contributed by atoms with Gasteiger partial charge in [0.25, 0.3) is 0 Å². The van der Waals surface area contributed by atoms with Crippen LogP contribution >= 0.6 is 0 Å². The minimum atomic E-state index is 0.359. The van der Waals surface area contributed by atoms with Gasteiger partial charge in [-0.1, -0.05) is 29.5 Å². The average Bonchev–Trinajstić information content (AvgIpc) is 3.14. The molecule has 0 unspecified atom stereocenters. The van der Waals surface area contributed by atoms with Gasteiger partial charge in [0, 0.05) is 5.56 Å². The molecule has 0 bridgehead atoms. The number of nitrogens with one attached hydrogen (secondary N) is 1. The Morgan fingerprint density at radius 3 is 2.90 bits per heavy atom. The number of aryl methyl sites for hydroxylation is 1. The van der Waals surface area contributed by atoms with Gasteiger partial charge in [-0.05, 0) is 36.8 Å². The monoisotopic (exact) mass is 276 g/mol. The van der Waals surface area contributed by atoms with Gasteiger partial charge in [0.1, 0.15) is 23.3 Å². The van der Waals surface area contributed by atoms with Gasteiger partial charge < -0.3 is 4.42 Å². The van der Waals surface area contributed by atoms with Crippen LogP contribution in [-0.2, 0) is 0 Å². The summed E-state index contributed by atoms with van der Waals surface area (Å²) in [5.74, 6) is 1.68. The van der Waals surface area contributed by atoms with Crippen LogP contribution in [0.1, 0.15) is 22.8 Å². The fraction of sp³-hybridized carbons (Fsp3) is 0.0625. The summed E-state index contributed by atoms with van der Waals surface area (Å²) >= 11 is 0. The van der Waals surface area contributed by atoms with Crippen molar-refractivity contribution in [3.63, 3.8) is 0 Å². The molecule has 2 heterocycles. The third-order valence-electron chi connectivity index (χ3n) is 3.02. The molecule has 2 aromatic heterocycles. The Kier molecular flexibility index (Phi) is 3.36. The first-order chi connectivity index (χ1) is 10.3. The third kappa shape index (κ3) is 2.74. The second-order valence-corrected chi connectivity index (χ2v) is 4.55. The summed E-state index contributed by atoms with van der Waals surface area (Å²) in [4.78, 5) is 0. The molecule has 0 spiro atoms. The number of aromatic amines is 1. The Bertz CT molecular complexity index is 836. The molecule has 0 fully saturated rings. The largest absolute Gasteiger partial charge is 0.462 e. The average molecular weight is 276 g/mol. The summed E-state index contributed by atoms with van der Waals surface area (Å²) in [5.41, 5.74) is 2.76. The van der Waals surface area contributed by atoms with Crippen LogP contribution in [0, 0.1) is 18.3 Å². The number of nitrogens with zero attached hydrogens (tertiary/aromatic N) is 3. The Hall–Kier alpha value is -3.13. The number of benzene rings is 1. The highest BCUT2D eigenvalue weighted by atomic mass is 16.3. The minimum Gasteiger partial charge on any atom is -0.462 e. The van der Waals surface area contributed by atoms with Gasteiger partial charge in [-0.3, -0.25) is 0 Å². The number of rotatable bonds is 3. The van der Waals surface area contributed by atoms with Gasteiger partial charge in [-0.15, -0.1) is 5.10 Å². The van der Waals surface area contributed by atoms with Crippen molar-refractivity contribution in [3.8, 4) is 17.3 Å². The van der Waals surface area contributed by atoms with E-state index in [9.17, 15) is 0 Å². The summed E-state index contributed by atoms with van der Waals surface area (Å²) in [5, 5.41) is 19.2. The highest BCUT2D eigenvalue weighted by Crippen LogP contribution is 2.21. The lowest BCUT2D eigenvalue weighted by Gasteiger charge is -1.99. The number of hydrogen-bond donors (Lipinski definition) is 1. The molecule has 0 atom stereocenters. The van der Waals surface area contributed by atoms with Crippen LogP contribution in [0.3, 0.4) is 0 Å². The molecule has 0 saturated carbocycles. The zero-order chi connectivity index (χ0) is 14.7. The molecular weight excluding hydrogens is 264 g/mol. The van der Waals surface area contributed by atoms with E-state index in [0.717, 1.165) is 22.6 Å². The smallest absolute Gasteiger partial charge is 0.163 e. The molecule has 5 heteroatoms. The second kappa shape index (κ2) is 5.47. The van der Waals surface area contributed by atoms with Crippen LogP contribution in [0.15, 0.2) is 40.8 Å². The first-order valence-electron chi connectivity index (χ1n) is 6.42. The van der Waals surface area contributed by atoms with E-state index in [4.69, 9.17) is 9.68 Å². The molecule has 1 N–H and O–H groups in total. The van der Waals surface area contributed by atoms with Crippen LogP contribution in [0.2, 0.25) is 0 Å². The van der Waals surface area contributed by atoms with Gasteiger partial charge in [0.05, 0.1) is 0 Å². The van der Waals surface area contributed by atoms with Crippen LogP contribution < -0.4 is 0 Å². The lowest BCUT2D eigenvalue weighted by molar-refractivity contribution is 0.525. The normalized spacial score (nSPS) is 10.9. The highest BCUT2D eigenvalue weighted by Gasteiger charge is 2.08. The SMILES string of the molecule is Cc1ccc(/C=C/c2cccc(-c3nn[nH]c3C#N)c2)o1. The zero-order valence-electron chi connectivity index (χ0n) is 11.4. The summed E-state index contributed by atoms with van der Waals surface area (Å²) < 4.78 is 5.49. The van der Waals surface area contributed by atoms with E-state index in [2.05, 4.69) is 15.4 Å². The molecule has 0 aliphatic rings. The molecule has 0 amide bonds. The van der Waals surface area contributed by atoms with Crippen LogP contribution in [0.5, 0.6) is 0 Å². The first-order valence-corrected chi connectivity index (χ1v) is 6.42. The van der Waals surface area contributed by atoms with Crippen LogP contribution in [0.25, 0.3) is 23.4 Å². The maximum atomic E-state index is 9.00. The second-order valence-electron chi connectivity index (χ2n) is 4.55. The molecule has 5 nitrogen and oxygen atoms in total. The summed E-state index contributed by atoms with van der Waals surface area (Å²) in [6.07, 6.45) is 3.86. The fourth-order valence-electron chi connectivity index (χ4n) is 2.02. The molecule has 1 aromatic carbocycles. The summed E-state index contributed by atoms with van der Waals surface area (Å²) in [6.45, 7) is 1.91. The maximum absolute atomic E-state index is 9.00. The van der Waals surface area contributed by atoms with E-state index in [1.54, 1.807) is 0 Å². The summed E-state index contributed by atoms with van der Waals surface area (Å²) in [6, 6.07) is 13.6. The van der Waals surface area contributed by atoms with Crippen molar-refractivity contribution in [2.75, 3.05) is 0 Å². The van der Waals surface area contributed by atoms with Crippen molar-refractivity contribution in [2.45, 2.75) is 6.92 Å². The fourth-order valence-corrected chi connectivity index (χ4v) is 2.02. The highest BCUT2D eigenvalue weighted by molar-refractivity contribution is 5.72. The Morgan fingerprint density at radius 1 is 1.24 bits per heavy atom. The number of H-pyrrole nitrogens is 1. The molecule has 3 aromatic rings. The van der Waals surface area contributed by atoms with Crippen LogP contribution in [-0.4, -0.2) is 15.4 Å². The standard InChI is InChI=1S/C16H12N4O/c1-11-5-7-14(21-11)8-6-12-3-2-4-13(9-12)16-15(10-17)18-20-19-16/h2-9H,1H3,(H,18,19,20)/b8-6+. The number of furan rings is 1. The molecule has 0 radical (unpaired) electrons. The van der Waals surface area contributed by atoms with Gasteiger partial charge in [-0.2, -0.15) is 5.26 Å². The number of hydrogen-bond acceptors (Lipinski definition) is 4. The minimum absolute atomic E-state index is 0.359. The third-order valence-corrected chi connectivity index (χ3v) is 3.02. The molecule has 21 heavy (non-hydrogen) atoms. The van der Waals surface area contributed by atoms with Crippen molar-refractivity contribution in [3.05, 3.63) is 59.2 Å². The molecule has 102 valence electrons. The molecular formula is C16H12N4O. The first kappa shape index (κ1) is 12.9. The van der Waals surface area contributed by atoms with E-state index < -0.39 is 0 Å². The predicted octanol–water partition coefficient (Wildman–Crippen LogP) is 3.42. The molecule has 0 aliphatic carbocycles. The predicted molar refractivity (Wildman–Crippen MR) is 78.9 cm³/mol. The van der Waals surface area contributed by atoms with E-state index in [0.29, 0.717) is 11.4 Å². The molecule has 0 aliphatic heterocycles. The van der Waals surface area contributed by atoms with Crippen molar-refractivity contribution < 1.29 is 4.42 Å². The van der Waals surface area contributed by atoms with Gasteiger partial charge in [0.2, 0.25) is 0 Å². The quantitative estimate of drug-likeness (QED) is 0.795. The number of aromatic nitrogens is 3. The van der Waals surface area contributed by atoms with E-state index >= 15 is 0 Å².